The average molecular weight is 584 g/mol. The van der Waals surface area contributed by atoms with Gasteiger partial charge in [-0.25, -0.2) is 0 Å². The Morgan fingerprint density at radius 2 is 0.524 bits per heavy atom. The summed E-state index contributed by atoms with van der Waals surface area (Å²) in [7, 11) is -6.51. The molecule has 0 heterocycles. The van der Waals surface area contributed by atoms with Crippen LogP contribution in [0, 0.1) is 0 Å². The Kier molecular flexibility index (Phi) is 8.11. The van der Waals surface area contributed by atoms with Gasteiger partial charge in [0.1, 0.15) is 0 Å². The van der Waals surface area contributed by atoms with Crippen LogP contribution in [0.25, 0.3) is 0 Å². The molecule has 0 radical (unpaired) electrons. The van der Waals surface area contributed by atoms with Gasteiger partial charge in [-0.1, -0.05) is 0 Å². The van der Waals surface area contributed by atoms with E-state index in [9.17, 15) is 4.79 Å². The summed E-state index contributed by atoms with van der Waals surface area (Å²) >= 11 is 0. The Hall–Kier alpha value is -4.35. The van der Waals surface area contributed by atoms with Crippen molar-refractivity contribution in [3.8, 4) is 0 Å². The fourth-order valence-electron chi connectivity index (χ4n) is 6.57. The summed E-state index contributed by atoms with van der Waals surface area (Å²) in [5.41, 5.74) is 0. The third-order valence-corrected chi connectivity index (χ3v) is 19.1. The van der Waals surface area contributed by atoms with Crippen molar-refractivity contribution < 1.29 is 4.79 Å². The molecular formula is C38H35NOP2. The zero-order valence-corrected chi connectivity index (χ0v) is 25.7. The normalized spacial score (nSPS) is 12.3. The van der Waals surface area contributed by atoms with Gasteiger partial charge in [-0.2, -0.15) is 0 Å². The number of nitrogens with zero attached hydrogens (tertiary/aromatic N) is 1. The fourth-order valence-corrected chi connectivity index (χ4v) is 19.5. The van der Waals surface area contributed by atoms with E-state index in [1.54, 1.807) is 6.92 Å². The van der Waals surface area contributed by atoms with E-state index < -0.39 is 14.8 Å². The van der Waals surface area contributed by atoms with Crippen LogP contribution in [0.15, 0.2) is 182 Å². The van der Waals surface area contributed by atoms with E-state index in [-0.39, 0.29) is 5.91 Å². The SMILES string of the molecule is CC(=O)N([PH](c1ccccc1)(c1ccccc1)c1ccccc1)[PH](c1ccccc1)(c1ccccc1)c1ccccc1. The summed E-state index contributed by atoms with van der Waals surface area (Å²) < 4.78 is 2.40. The van der Waals surface area contributed by atoms with E-state index >= 15 is 0 Å². The minimum atomic E-state index is -3.25. The molecule has 2 nitrogen and oxygen atoms in total. The number of hydrogen-bond acceptors (Lipinski definition) is 1. The van der Waals surface area contributed by atoms with Gasteiger partial charge in [0.25, 0.3) is 0 Å². The second kappa shape index (κ2) is 12.3. The molecule has 6 aromatic carbocycles. The summed E-state index contributed by atoms with van der Waals surface area (Å²) in [5.74, 6) is 0.0708. The maximum atomic E-state index is 14.9. The molecule has 0 saturated heterocycles. The second-order valence-corrected chi connectivity index (χ2v) is 18.1. The van der Waals surface area contributed by atoms with Gasteiger partial charge in [0.2, 0.25) is 0 Å². The van der Waals surface area contributed by atoms with Crippen LogP contribution >= 0.6 is 14.8 Å². The van der Waals surface area contributed by atoms with Crippen LogP contribution in [0.4, 0.5) is 0 Å². The second-order valence-electron chi connectivity index (χ2n) is 10.5. The van der Waals surface area contributed by atoms with Crippen molar-refractivity contribution in [3.63, 3.8) is 0 Å². The summed E-state index contributed by atoms with van der Waals surface area (Å²) in [6, 6.07) is 64.4. The molecule has 6 aromatic rings. The Balaban J connectivity index is 1.88. The number of carbonyl (C=O) groups is 1. The predicted octanol–water partition coefficient (Wildman–Crippen LogP) is 6.12. The quantitative estimate of drug-likeness (QED) is 0.198. The first-order valence-electron chi connectivity index (χ1n) is 14.3. The van der Waals surface area contributed by atoms with Gasteiger partial charge in [-0.15, -0.1) is 0 Å². The molecule has 0 aliphatic heterocycles. The van der Waals surface area contributed by atoms with Crippen LogP contribution < -0.4 is 31.8 Å². The third kappa shape index (κ3) is 4.68. The van der Waals surface area contributed by atoms with Gasteiger partial charge < -0.3 is 0 Å². The minimum absolute atomic E-state index is 0.0708. The van der Waals surface area contributed by atoms with Crippen molar-refractivity contribution in [3.05, 3.63) is 182 Å². The van der Waals surface area contributed by atoms with Gasteiger partial charge >= 0.3 is 251 Å². The summed E-state index contributed by atoms with van der Waals surface area (Å²) in [6.45, 7) is 1.77. The van der Waals surface area contributed by atoms with E-state index in [0.717, 1.165) is 0 Å². The Morgan fingerprint density at radius 1 is 0.357 bits per heavy atom. The van der Waals surface area contributed by atoms with Crippen LogP contribution in [0.1, 0.15) is 6.92 Å². The van der Waals surface area contributed by atoms with Crippen molar-refractivity contribution in [2.24, 2.45) is 0 Å². The van der Waals surface area contributed by atoms with E-state index in [4.69, 9.17) is 0 Å². The summed E-state index contributed by atoms with van der Waals surface area (Å²) in [4.78, 5) is 14.9. The summed E-state index contributed by atoms with van der Waals surface area (Å²) in [5, 5.41) is 7.07. The molecule has 0 aliphatic carbocycles. The van der Waals surface area contributed by atoms with Gasteiger partial charge in [0.05, 0.1) is 0 Å². The summed E-state index contributed by atoms with van der Waals surface area (Å²) in [6.07, 6.45) is 0. The molecule has 42 heavy (non-hydrogen) atoms. The van der Waals surface area contributed by atoms with Crippen molar-refractivity contribution in [2.45, 2.75) is 6.92 Å². The zero-order chi connectivity index (χ0) is 28.8. The predicted molar refractivity (Wildman–Crippen MR) is 186 cm³/mol. The Bertz CT molecular complexity index is 1410. The van der Waals surface area contributed by atoms with Gasteiger partial charge in [0.15, 0.2) is 0 Å². The molecule has 0 atom stereocenters. The Morgan fingerprint density at radius 3 is 0.667 bits per heavy atom. The number of amides is 1. The molecular weight excluding hydrogens is 548 g/mol. The number of hydrogen-bond donors (Lipinski definition) is 0. The van der Waals surface area contributed by atoms with Crippen LogP contribution in [0.2, 0.25) is 0 Å². The first-order chi connectivity index (χ1) is 20.7. The van der Waals surface area contributed by atoms with E-state index in [1.807, 2.05) is 0 Å². The molecule has 0 aliphatic rings. The van der Waals surface area contributed by atoms with Crippen molar-refractivity contribution >= 4 is 52.6 Å². The van der Waals surface area contributed by atoms with Gasteiger partial charge in [-0.3, -0.25) is 0 Å². The standard InChI is InChI=1S/C38H35NOP2/c1-32(40)39(41(33-20-8-2-9-21-33,34-22-10-3-11-23-34)35-24-12-4-13-25-35)42(36-26-14-5-15-27-36,37-28-16-6-17-29-37)38-30-18-7-19-31-38/h2-31,41-42H,1H3. The Labute approximate surface area is 250 Å². The maximum absolute atomic E-state index is 14.9. The third-order valence-electron chi connectivity index (χ3n) is 8.14. The molecule has 0 spiro atoms. The number of rotatable bonds is 8. The van der Waals surface area contributed by atoms with Crippen molar-refractivity contribution in [1.29, 1.82) is 0 Å². The molecule has 0 saturated carbocycles. The topological polar surface area (TPSA) is 20.3 Å². The molecule has 0 unspecified atom stereocenters. The van der Waals surface area contributed by atoms with E-state index in [2.05, 4.69) is 186 Å². The number of benzene rings is 6. The average Bonchev–Trinajstić information content (AvgIpc) is 3.07. The monoisotopic (exact) mass is 583 g/mol. The van der Waals surface area contributed by atoms with Crippen LogP contribution in [-0.4, -0.2) is 10.3 Å². The van der Waals surface area contributed by atoms with Crippen LogP contribution in [0.5, 0.6) is 0 Å². The first kappa shape index (κ1) is 27.8. The molecule has 0 N–H and O–H groups in total. The zero-order valence-electron chi connectivity index (χ0n) is 23.7. The molecule has 0 fully saturated rings. The molecule has 1 amide bonds. The van der Waals surface area contributed by atoms with Gasteiger partial charge in [0, 0.05) is 0 Å². The van der Waals surface area contributed by atoms with Gasteiger partial charge in [-0.05, 0) is 0 Å². The van der Waals surface area contributed by atoms with E-state index in [0.29, 0.717) is 0 Å². The molecule has 6 rings (SSSR count). The molecule has 0 bridgehead atoms. The number of carbonyl (C=O) groups excluding carboxylic acids is 1. The van der Waals surface area contributed by atoms with Crippen molar-refractivity contribution in [2.75, 3.05) is 0 Å². The van der Waals surface area contributed by atoms with E-state index in [1.165, 1.54) is 31.8 Å². The van der Waals surface area contributed by atoms with Crippen LogP contribution in [0.3, 0.4) is 0 Å². The van der Waals surface area contributed by atoms with Crippen molar-refractivity contribution in [1.82, 2.24) is 4.44 Å². The molecule has 208 valence electrons. The fraction of sp³-hybridized carbons (Fsp3) is 0.0263. The van der Waals surface area contributed by atoms with Crippen LogP contribution in [-0.2, 0) is 4.79 Å². The molecule has 0 aromatic heterocycles. The first-order valence-corrected chi connectivity index (χ1v) is 18.2. The molecule has 4 heteroatoms.